The highest BCUT2D eigenvalue weighted by molar-refractivity contribution is 7.91. The van der Waals surface area contributed by atoms with E-state index in [0.29, 0.717) is 44.9 Å². The molecule has 0 radical (unpaired) electrons. The van der Waals surface area contributed by atoms with Crippen LogP contribution in [0.2, 0.25) is 0 Å². The van der Waals surface area contributed by atoms with Gasteiger partial charge in [-0.3, -0.25) is 14.5 Å². The van der Waals surface area contributed by atoms with Gasteiger partial charge in [0.15, 0.2) is 9.84 Å². The van der Waals surface area contributed by atoms with Gasteiger partial charge in [-0.05, 0) is 37.2 Å². The Morgan fingerprint density at radius 1 is 0.844 bits per heavy atom. The van der Waals surface area contributed by atoms with E-state index in [1.54, 1.807) is 0 Å². The summed E-state index contributed by atoms with van der Waals surface area (Å²) < 4.78 is 23.8. The van der Waals surface area contributed by atoms with Crippen molar-refractivity contribution in [2.24, 2.45) is 11.8 Å². The molecule has 32 heavy (non-hydrogen) atoms. The lowest BCUT2D eigenvalue weighted by Gasteiger charge is -2.40. The van der Waals surface area contributed by atoms with Gasteiger partial charge in [-0.2, -0.15) is 0 Å². The van der Waals surface area contributed by atoms with Crippen LogP contribution in [0.4, 0.5) is 0 Å². The zero-order chi connectivity index (χ0) is 22.7. The molecule has 8 heteroatoms. The Morgan fingerprint density at radius 3 is 2.00 bits per heavy atom. The number of likely N-dealkylation sites (tertiary alicyclic amines) is 2. The van der Waals surface area contributed by atoms with E-state index < -0.39 is 15.9 Å². The zero-order valence-electron chi connectivity index (χ0n) is 19.0. The maximum Gasteiger partial charge on any atom is 0.244 e. The minimum Gasteiger partial charge on any atom is -0.342 e. The van der Waals surface area contributed by atoms with Gasteiger partial charge in [0.2, 0.25) is 11.8 Å². The van der Waals surface area contributed by atoms with Crippen LogP contribution in [0.3, 0.4) is 0 Å². The maximum absolute atomic E-state index is 13.6. The standard InChI is InChI=1S/C24H35N3O4S/c1-19-7-11-26(12-8-19)23(28)21-9-13-27(14-10-21)24(29)22(20-5-3-2-4-6-20)25-15-17-32(30,31)18-16-25/h2-6,19,21-22H,7-18H2,1H3. The van der Waals surface area contributed by atoms with Crippen molar-refractivity contribution >= 4 is 21.7 Å². The fourth-order valence-electron chi connectivity index (χ4n) is 5.14. The fraction of sp³-hybridized carbons (Fsp3) is 0.667. The topological polar surface area (TPSA) is 78.0 Å². The van der Waals surface area contributed by atoms with E-state index >= 15 is 0 Å². The lowest BCUT2D eigenvalue weighted by molar-refractivity contribution is -0.144. The predicted octanol–water partition coefficient (Wildman–Crippen LogP) is 1.96. The number of nitrogens with zero attached hydrogens (tertiary/aromatic N) is 3. The van der Waals surface area contributed by atoms with E-state index in [2.05, 4.69) is 6.92 Å². The molecule has 4 rings (SSSR count). The van der Waals surface area contributed by atoms with Crippen LogP contribution in [0.15, 0.2) is 30.3 Å². The van der Waals surface area contributed by atoms with E-state index in [4.69, 9.17) is 0 Å². The number of carbonyl (C=O) groups excluding carboxylic acids is 2. The minimum absolute atomic E-state index is 0.00256. The van der Waals surface area contributed by atoms with Crippen molar-refractivity contribution in [3.8, 4) is 0 Å². The van der Waals surface area contributed by atoms with Gasteiger partial charge < -0.3 is 9.80 Å². The molecule has 1 aromatic rings. The Kier molecular flexibility index (Phi) is 7.20. The number of rotatable bonds is 4. The molecule has 3 fully saturated rings. The number of carbonyl (C=O) groups is 2. The van der Waals surface area contributed by atoms with Crippen LogP contribution >= 0.6 is 0 Å². The van der Waals surface area contributed by atoms with Gasteiger partial charge in [-0.1, -0.05) is 37.3 Å². The normalized spacial score (nSPS) is 24.3. The van der Waals surface area contributed by atoms with Gasteiger partial charge in [0, 0.05) is 45.2 Å². The quantitative estimate of drug-likeness (QED) is 0.685. The van der Waals surface area contributed by atoms with E-state index in [-0.39, 0.29) is 29.2 Å². The Bertz CT molecular complexity index is 890. The second kappa shape index (κ2) is 9.91. The molecule has 3 aliphatic rings. The van der Waals surface area contributed by atoms with Crippen molar-refractivity contribution in [3.63, 3.8) is 0 Å². The SMILES string of the molecule is CC1CCN(C(=O)C2CCN(C(=O)C(c3ccccc3)N3CCS(=O)(=O)CC3)CC2)CC1. The number of amides is 2. The van der Waals surface area contributed by atoms with Crippen LogP contribution in [0.1, 0.15) is 44.2 Å². The first kappa shape index (κ1) is 23.2. The highest BCUT2D eigenvalue weighted by Gasteiger charge is 2.37. The minimum atomic E-state index is -3.02. The molecule has 0 aliphatic carbocycles. The summed E-state index contributed by atoms with van der Waals surface area (Å²) in [7, 11) is -3.02. The second-order valence-electron chi connectivity index (χ2n) is 9.61. The summed E-state index contributed by atoms with van der Waals surface area (Å²) in [5.74, 6) is 1.16. The fourth-order valence-corrected chi connectivity index (χ4v) is 6.37. The predicted molar refractivity (Wildman–Crippen MR) is 124 cm³/mol. The van der Waals surface area contributed by atoms with Crippen LogP contribution in [-0.2, 0) is 19.4 Å². The van der Waals surface area contributed by atoms with Crippen LogP contribution in [-0.4, -0.2) is 85.7 Å². The van der Waals surface area contributed by atoms with E-state index in [9.17, 15) is 18.0 Å². The summed E-state index contributed by atoms with van der Waals surface area (Å²) in [5, 5.41) is 0. The van der Waals surface area contributed by atoms with Crippen LogP contribution < -0.4 is 0 Å². The Hall–Kier alpha value is -1.93. The van der Waals surface area contributed by atoms with Crippen molar-refractivity contribution in [1.29, 1.82) is 0 Å². The molecule has 1 atom stereocenters. The Morgan fingerprint density at radius 2 is 1.41 bits per heavy atom. The first-order chi connectivity index (χ1) is 15.3. The van der Waals surface area contributed by atoms with Crippen molar-refractivity contribution in [1.82, 2.24) is 14.7 Å². The number of hydrogen-bond acceptors (Lipinski definition) is 5. The summed E-state index contributed by atoms with van der Waals surface area (Å²) in [6.45, 7) is 5.85. The summed E-state index contributed by atoms with van der Waals surface area (Å²) in [5.41, 5.74) is 0.900. The molecular formula is C24H35N3O4S. The molecule has 1 aromatic carbocycles. The Labute approximate surface area is 191 Å². The van der Waals surface area contributed by atoms with Crippen molar-refractivity contribution in [2.75, 3.05) is 50.8 Å². The van der Waals surface area contributed by atoms with Gasteiger partial charge in [-0.25, -0.2) is 8.42 Å². The highest BCUT2D eigenvalue weighted by Crippen LogP contribution is 2.29. The van der Waals surface area contributed by atoms with Crippen LogP contribution in [0, 0.1) is 11.8 Å². The molecule has 176 valence electrons. The van der Waals surface area contributed by atoms with E-state index in [1.807, 2.05) is 45.0 Å². The van der Waals surface area contributed by atoms with Crippen molar-refractivity contribution in [2.45, 2.75) is 38.6 Å². The summed E-state index contributed by atoms with van der Waals surface area (Å²) in [6.07, 6.45) is 3.56. The van der Waals surface area contributed by atoms with Gasteiger partial charge in [0.05, 0.1) is 11.5 Å². The first-order valence-corrected chi connectivity index (χ1v) is 13.7. The lowest BCUT2D eigenvalue weighted by atomic mass is 9.92. The van der Waals surface area contributed by atoms with Crippen LogP contribution in [0.5, 0.6) is 0 Å². The third-order valence-corrected chi connectivity index (χ3v) is 8.95. The Balaban J connectivity index is 1.40. The van der Waals surface area contributed by atoms with Gasteiger partial charge in [-0.15, -0.1) is 0 Å². The molecule has 3 saturated heterocycles. The smallest absolute Gasteiger partial charge is 0.244 e. The zero-order valence-corrected chi connectivity index (χ0v) is 19.8. The average molecular weight is 462 g/mol. The number of hydrogen-bond donors (Lipinski definition) is 0. The molecule has 2 amide bonds. The molecule has 0 saturated carbocycles. The van der Waals surface area contributed by atoms with E-state index in [0.717, 1.165) is 31.5 Å². The summed E-state index contributed by atoms with van der Waals surface area (Å²) >= 11 is 0. The number of sulfone groups is 1. The molecule has 3 heterocycles. The van der Waals surface area contributed by atoms with Gasteiger partial charge in [0.1, 0.15) is 6.04 Å². The lowest BCUT2D eigenvalue weighted by Crippen LogP contribution is -2.51. The molecule has 0 aromatic heterocycles. The average Bonchev–Trinajstić information content (AvgIpc) is 2.81. The molecule has 3 aliphatic heterocycles. The number of benzene rings is 1. The van der Waals surface area contributed by atoms with Gasteiger partial charge >= 0.3 is 0 Å². The monoisotopic (exact) mass is 461 g/mol. The molecular weight excluding hydrogens is 426 g/mol. The first-order valence-electron chi connectivity index (χ1n) is 11.9. The highest BCUT2D eigenvalue weighted by atomic mass is 32.2. The molecule has 1 unspecified atom stereocenters. The van der Waals surface area contributed by atoms with E-state index in [1.165, 1.54) is 0 Å². The maximum atomic E-state index is 13.6. The largest absolute Gasteiger partial charge is 0.342 e. The summed E-state index contributed by atoms with van der Waals surface area (Å²) in [4.78, 5) is 32.5. The number of piperidine rings is 2. The third kappa shape index (κ3) is 5.34. The van der Waals surface area contributed by atoms with Crippen LogP contribution in [0.25, 0.3) is 0 Å². The summed E-state index contributed by atoms with van der Waals surface area (Å²) in [6, 6.07) is 9.17. The molecule has 7 nitrogen and oxygen atoms in total. The second-order valence-corrected chi connectivity index (χ2v) is 11.9. The molecule has 0 N–H and O–H groups in total. The third-order valence-electron chi connectivity index (χ3n) is 7.34. The van der Waals surface area contributed by atoms with Gasteiger partial charge in [0.25, 0.3) is 0 Å². The molecule has 0 spiro atoms. The molecule has 0 bridgehead atoms. The van der Waals surface area contributed by atoms with Crippen molar-refractivity contribution in [3.05, 3.63) is 35.9 Å². The van der Waals surface area contributed by atoms with Crippen molar-refractivity contribution < 1.29 is 18.0 Å².